The number of nitrogens with one attached hydrogen (secondary N) is 1. The van der Waals surface area contributed by atoms with E-state index in [2.05, 4.69) is 28.2 Å². The Hall–Kier alpha value is -2.30. The molecule has 2 aromatic rings. The van der Waals surface area contributed by atoms with Gasteiger partial charge in [-0.25, -0.2) is 0 Å². The number of carboxylic acids is 1. The van der Waals surface area contributed by atoms with E-state index in [1.807, 2.05) is 19.2 Å². The standard InChI is InChI=1S/C18H22N2O3/c1-20-11-13(15-4-2-3-5-16(15)20)7-9-17(21)19-14-8-6-12(10-14)18(22)23/h2-5,11-12,14H,6-10H2,1H3,(H,19,21)(H,22,23)/t12-,14+/m1/s1. The SMILES string of the molecule is Cn1cc(CCC(=O)N[C@H]2CC[C@@H](C(=O)O)C2)c2ccccc21. The molecule has 1 aromatic heterocycles. The molecule has 0 unspecified atom stereocenters. The lowest BCUT2D eigenvalue weighted by Crippen LogP contribution is -2.33. The highest BCUT2D eigenvalue weighted by atomic mass is 16.4. The van der Waals surface area contributed by atoms with Gasteiger partial charge in [-0.2, -0.15) is 0 Å². The minimum Gasteiger partial charge on any atom is -0.481 e. The molecule has 1 aliphatic rings. The third-order valence-electron chi connectivity index (χ3n) is 4.75. The summed E-state index contributed by atoms with van der Waals surface area (Å²) in [5.41, 5.74) is 2.34. The van der Waals surface area contributed by atoms with Crippen molar-refractivity contribution in [2.24, 2.45) is 13.0 Å². The largest absolute Gasteiger partial charge is 0.481 e. The highest BCUT2D eigenvalue weighted by molar-refractivity contribution is 5.85. The van der Waals surface area contributed by atoms with Gasteiger partial charge in [0.1, 0.15) is 0 Å². The number of carbonyl (C=O) groups excluding carboxylic acids is 1. The Morgan fingerprint density at radius 1 is 1.30 bits per heavy atom. The number of benzene rings is 1. The third-order valence-corrected chi connectivity index (χ3v) is 4.75. The molecule has 0 spiro atoms. The van der Waals surface area contributed by atoms with E-state index in [-0.39, 0.29) is 17.9 Å². The lowest BCUT2D eigenvalue weighted by Gasteiger charge is -2.12. The zero-order valence-corrected chi connectivity index (χ0v) is 13.3. The average molecular weight is 314 g/mol. The van der Waals surface area contributed by atoms with Gasteiger partial charge in [0.2, 0.25) is 5.91 Å². The van der Waals surface area contributed by atoms with Crippen LogP contribution < -0.4 is 5.32 Å². The van der Waals surface area contributed by atoms with Crippen LogP contribution in [0, 0.1) is 5.92 Å². The maximum absolute atomic E-state index is 12.1. The van der Waals surface area contributed by atoms with Crippen molar-refractivity contribution in [1.82, 2.24) is 9.88 Å². The summed E-state index contributed by atoms with van der Waals surface area (Å²) >= 11 is 0. The van der Waals surface area contributed by atoms with Crippen LogP contribution in [0.4, 0.5) is 0 Å². The van der Waals surface area contributed by atoms with Crippen LogP contribution in [0.5, 0.6) is 0 Å². The van der Waals surface area contributed by atoms with E-state index >= 15 is 0 Å². The monoisotopic (exact) mass is 314 g/mol. The Bertz CT molecular complexity index is 735. The van der Waals surface area contributed by atoms with E-state index in [0.717, 1.165) is 6.42 Å². The van der Waals surface area contributed by atoms with Crippen LogP contribution in [0.25, 0.3) is 10.9 Å². The first-order chi connectivity index (χ1) is 11.0. The van der Waals surface area contributed by atoms with Crippen LogP contribution in [0.3, 0.4) is 0 Å². The Morgan fingerprint density at radius 2 is 2.09 bits per heavy atom. The second-order valence-electron chi connectivity index (χ2n) is 6.40. The van der Waals surface area contributed by atoms with Crippen LogP contribution in [0.1, 0.15) is 31.2 Å². The van der Waals surface area contributed by atoms with Crippen molar-refractivity contribution in [2.75, 3.05) is 0 Å². The van der Waals surface area contributed by atoms with Gasteiger partial charge in [0.05, 0.1) is 5.92 Å². The van der Waals surface area contributed by atoms with Gasteiger partial charge in [-0.1, -0.05) is 18.2 Å². The summed E-state index contributed by atoms with van der Waals surface area (Å²) in [5.74, 6) is -1.05. The number of hydrogen-bond acceptors (Lipinski definition) is 2. The van der Waals surface area contributed by atoms with Crippen LogP contribution in [0.2, 0.25) is 0 Å². The number of carbonyl (C=O) groups is 2. The molecular formula is C18H22N2O3. The maximum Gasteiger partial charge on any atom is 0.306 e. The van der Waals surface area contributed by atoms with E-state index < -0.39 is 5.97 Å². The van der Waals surface area contributed by atoms with Gasteiger partial charge in [0.15, 0.2) is 0 Å². The fourth-order valence-electron chi connectivity index (χ4n) is 3.51. The molecule has 1 heterocycles. The van der Waals surface area contributed by atoms with Crippen molar-refractivity contribution in [3.05, 3.63) is 36.0 Å². The van der Waals surface area contributed by atoms with Crippen molar-refractivity contribution >= 4 is 22.8 Å². The minimum atomic E-state index is -0.752. The molecule has 0 bridgehead atoms. The molecule has 23 heavy (non-hydrogen) atoms. The van der Waals surface area contributed by atoms with Gasteiger partial charge in [0.25, 0.3) is 0 Å². The summed E-state index contributed by atoms with van der Waals surface area (Å²) in [5, 5.41) is 13.2. The molecule has 5 nitrogen and oxygen atoms in total. The molecule has 1 amide bonds. The van der Waals surface area contributed by atoms with E-state index in [0.29, 0.717) is 25.7 Å². The number of para-hydroxylation sites is 1. The Kier molecular flexibility index (Phi) is 4.37. The molecule has 1 aromatic carbocycles. The van der Waals surface area contributed by atoms with Crippen LogP contribution in [0.15, 0.2) is 30.5 Å². The number of amides is 1. The summed E-state index contributed by atoms with van der Waals surface area (Å²) in [6.45, 7) is 0. The Morgan fingerprint density at radius 3 is 2.83 bits per heavy atom. The molecule has 0 radical (unpaired) electrons. The number of rotatable bonds is 5. The summed E-state index contributed by atoms with van der Waals surface area (Å²) in [7, 11) is 2.01. The number of carboxylic acid groups (broad SMARTS) is 1. The predicted molar refractivity (Wildman–Crippen MR) is 88.1 cm³/mol. The van der Waals surface area contributed by atoms with Gasteiger partial charge in [-0.05, 0) is 37.3 Å². The number of aliphatic carboxylic acids is 1. The first-order valence-electron chi connectivity index (χ1n) is 8.09. The van der Waals surface area contributed by atoms with Gasteiger partial charge < -0.3 is 15.0 Å². The summed E-state index contributed by atoms with van der Waals surface area (Å²) in [6, 6.07) is 8.19. The zero-order valence-electron chi connectivity index (χ0n) is 13.3. The number of aromatic nitrogens is 1. The quantitative estimate of drug-likeness (QED) is 0.890. The van der Waals surface area contributed by atoms with Gasteiger partial charge in [0, 0.05) is 36.6 Å². The number of fused-ring (bicyclic) bond motifs is 1. The zero-order chi connectivity index (χ0) is 16.4. The third kappa shape index (κ3) is 3.38. The molecule has 3 rings (SSSR count). The summed E-state index contributed by atoms with van der Waals surface area (Å²) in [6.07, 6.45) is 5.18. The lowest BCUT2D eigenvalue weighted by atomic mass is 10.1. The smallest absolute Gasteiger partial charge is 0.306 e. The second kappa shape index (κ2) is 6.44. The molecule has 0 saturated heterocycles. The lowest BCUT2D eigenvalue weighted by molar-refractivity contribution is -0.141. The Labute approximate surface area is 135 Å². The molecular weight excluding hydrogens is 292 g/mol. The van der Waals surface area contributed by atoms with Crippen LogP contribution in [-0.4, -0.2) is 27.6 Å². The summed E-state index contributed by atoms with van der Waals surface area (Å²) < 4.78 is 2.08. The van der Waals surface area contributed by atoms with Gasteiger partial charge >= 0.3 is 5.97 Å². The van der Waals surface area contributed by atoms with Crippen molar-refractivity contribution < 1.29 is 14.7 Å². The fourth-order valence-corrected chi connectivity index (χ4v) is 3.51. The van der Waals surface area contributed by atoms with Crippen LogP contribution >= 0.6 is 0 Å². The van der Waals surface area contributed by atoms with E-state index in [4.69, 9.17) is 5.11 Å². The fraction of sp³-hybridized carbons (Fsp3) is 0.444. The first-order valence-corrected chi connectivity index (χ1v) is 8.09. The van der Waals surface area contributed by atoms with Crippen molar-refractivity contribution in [2.45, 2.75) is 38.1 Å². The number of aryl methyl sites for hydroxylation is 2. The molecule has 0 aliphatic heterocycles. The number of nitrogens with zero attached hydrogens (tertiary/aromatic N) is 1. The topological polar surface area (TPSA) is 71.3 Å². The van der Waals surface area contributed by atoms with Gasteiger partial charge in [-0.3, -0.25) is 9.59 Å². The molecule has 2 atom stereocenters. The van der Waals surface area contributed by atoms with Crippen molar-refractivity contribution in [3.8, 4) is 0 Å². The van der Waals surface area contributed by atoms with E-state index in [1.54, 1.807) is 0 Å². The van der Waals surface area contributed by atoms with Crippen molar-refractivity contribution in [1.29, 1.82) is 0 Å². The molecule has 122 valence electrons. The summed E-state index contributed by atoms with van der Waals surface area (Å²) in [4.78, 5) is 23.1. The minimum absolute atomic E-state index is 0.00831. The highest BCUT2D eigenvalue weighted by Gasteiger charge is 2.30. The normalized spacial score (nSPS) is 20.7. The van der Waals surface area contributed by atoms with Gasteiger partial charge in [-0.15, -0.1) is 0 Å². The highest BCUT2D eigenvalue weighted by Crippen LogP contribution is 2.26. The maximum atomic E-state index is 12.1. The van der Waals surface area contributed by atoms with Crippen molar-refractivity contribution in [3.63, 3.8) is 0 Å². The van der Waals surface area contributed by atoms with E-state index in [1.165, 1.54) is 16.5 Å². The molecule has 1 saturated carbocycles. The molecule has 1 aliphatic carbocycles. The molecule has 2 N–H and O–H groups in total. The second-order valence-corrected chi connectivity index (χ2v) is 6.40. The molecule has 5 heteroatoms. The van der Waals surface area contributed by atoms with E-state index in [9.17, 15) is 9.59 Å². The van der Waals surface area contributed by atoms with Crippen LogP contribution in [-0.2, 0) is 23.1 Å². The average Bonchev–Trinajstić information content (AvgIpc) is 3.11. The molecule has 1 fully saturated rings. The predicted octanol–water partition coefficient (Wildman–Crippen LogP) is 2.48. The Balaban J connectivity index is 1.56. The number of hydrogen-bond donors (Lipinski definition) is 2. The first kappa shape index (κ1) is 15.6.